The molecule has 2 aromatic heterocycles. The minimum Gasteiger partial charge on any atom is -0.397 e. The van der Waals surface area contributed by atoms with Gasteiger partial charge >= 0.3 is 0 Å². The molecule has 1 aromatic carbocycles. The lowest BCUT2D eigenvalue weighted by Gasteiger charge is -2.09. The normalized spacial score (nSPS) is 10.8. The number of halogens is 1. The Hall–Kier alpha value is -2.20. The first kappa shape index (κ1) is 11.9. The van der Waals surface area contributed by atoms with Crippen LogP contribution in [0.1, 0.15) is 5.69 Å². The zero-order chi connectivity index (χ0) is 13.4. The Labute approximate surface area is 115 Å². The lowest BCUT2D eigenvalue weighted by molar-refractivity contribution is 1.30. The van der Waals surface area contributed by atoms with Crippen LogP contribution >= 0.6 is 11.6 Å². The molecule has 0 aliphatic rings. The van der Waals surface area contributed by atoms with Crippen LogP contribution in [0.15, 0.2) is 36.7 Å². The van der Waals surface area contributed by atoms with Crippen molar-refractivity contribution in [3.05, 3.63) is 47.4 Å². The van der Waals surface area contributed by atoms with Gasteiger partial charge in [-0.15, -0.1) is 0 Å². The smallest absolute Gasteiger partial charge is 0.0804 e. The van der Waals surface area contributed by atoms with Crippen molar-refractivity contribution in [2.75, 3.05) is 11.1 Å². The van der Waals surface area contributed by atoms with Crippen molar-refractivity contribution in [3.8, 4) is 0 Å². The fourth-order valence-corrected chi connectivity index (χ4v) is 2.35. The van der Waals surface area contributed by atoms with E-state index in [2.05, 4.69) is 21.4 Å². The average molecular weight is 273 g/mol. The standard InChI is InChI=1S/C14H13ClN4/c1-8-4-9-5-10(6-11(15)14(9)18-8)19-13-7-17-3-2-12(13)16/h2-7,18-19H,1H3,(H2,16,17). The lowest BCUT2D eigenvalue weighted by atomic mass is 10.2. The van der Waals surface area contributed by atoms with Crippen LogP contribution in [0.3, 0.4) is 0 Å². The van der Waals surface area contributed by atoms with Gasteiger partial charge in [0, 0.05) is 23.0 Å². The first-order valence-electron chi connectivity index (χ1n) is 5.89. The molecular weight excluding hydrogens is 260 g/mol. The van der Waals surface area contributed by atoms with Gasteiger partial charge in [-0.05, 0) is 31.2 Å². The number of fused-ring (bicyclic) bond motifs is 1. The van der Waals surface area contributed by atoms with E-state index in [1.807, 2.05) is 19.1 Å². The third-order valence-electron chi connectivity index (χ3n) is 2.95. The number of anilines is 3. The van der Waals surface area contributed by atoms with Crippen molar-refractivity contribution in [1.82, 2.24) is 9.97 Å². The van der Waals surface area contributed by atoms with Gasteiger partial charge in [0.1, 0.15) is 0 Å². The molecule has 19 heavy (non-hydrogen) atoms. The first-order valence-corrected chi connectivity index (χ1v) is 6.26. The van der Waals surface area contributed by atoms with Crippen LogP contribution in [-0.4, -0.2) is 9.97 Å². The fraction of sp³-hybridized carbons (Fsp3) is 0.0714. The zero-order valence-electron chi connectivity index (χ0n) is 10.4. The molecule has 0 aliphatic carbocycles. The molecule has 0 atom stereocenters. The topological polar surface area (TPSA) is 66.7 Å². The molecule has 0 bridgehead atoms. The molecule has 5 heteroatoms. The maximum Gasteiger partial charge on any atom is 0.0804 e. The van der Waals surface area contributed by atoms with Gasteiger partial charge in [0.2, 0.25) is 0 Å². The van der Waals surface area contributed by atoms with Crippen molar-refractivity contribution >= 4 is 39.6 Å². The number of H-pyrrole nitrogens is 1. The quantitative estimate of drug-likeness (QED) is 0.664. The lowest BCUT2D eigenvalue weighted by Crippen LogP contribution is -1.96. The summed E-state index contributed by atoms with van der Waals surface area (Å²) in [6, 6.07) is 7.70. The minimum atomic E-state index is 0.650. The summed E-state index contributed by atoms with van der Waals surface area (Å²) in [5.74, 6) is 0. The van der Waals surface area contributed by atoms with Crippen molar-refractivity contribution in [2.45, 2.75) is 6.92 Å². The Balaban J connectivity index is 2.04. The van der Waals surface area contributed by atoms with E-state index in [-0.39, 0.29) is 0 Å². The number of nitrogens with one attached hydrogen (secondary N) is 2. The zero-order valence-corrected chi connectivity index (χ0v) is 11.1. The highest BCUT2D eigenvalue weighted by Gasteiger charge is 2.06. The number of nitrogen functional groups attached to an aromatic ring is 1. The molecule has 0 saturated carbocycles. The van der Waals surface area contributed by atoms with Crippen LogP contribution < -0.4 is 11.1 Å². The summed E-state index contributed by atoms with van der Waals surface area (Å²) in [5.41, 5.74) is 10.2. The number of aromatic nitrogens is 2. The predicted octanol–water partition coefficient (Wildman–Crippen LogP) is 3.85. The molecule has 3 aromatic rings. The van der Waals surface area contributed by atoms with Crippen molar-refractivity contribution < 1.29 is 0 Å². The van der Waals surface area contributed by atoms with E-state index in [1.165, 1.54) is 0 Å². The number of nitrogens with zero attached hydrogens (tertiary/aromatic N) is 1. The van der Waals surface area contributed by atoms with Crippen LogP contribution in [-0.2, 0) is 0 Å². The summed E-state index contributed by atoms with van der Waals surface area (Å²) < 4.78 is 0. The minimum absolute atomic E-state index is 0.650. The van der Waals surface area contributed by atoms with Gasteiger partial charge in [-0.25, -0.2) is 0 Å². The maximum absolute atomic E-state index is 6.26. The third-order valence-corrected chi connectivity index (χ3v) is 3.25. The van der Waals surface area contributed by atoms with E-state index in [0.29, 0.717) is 10.7 Å². The summed E-state index contributed by atoms with van der Waals surface area (Å²) in [7, 11) is 0. The van der Waals surface area contributed by atoms with E-state index in [0.717, 1.165) is 28.0 Å². The molecule has 0 fully saturated rings. The molecular formula is C14H13ClN4. The number of nitrogens with two attached hydrogens (primary N) is 1. The SMILES string of the molecule is Cc1cc2cc(Nc3cnccc3N)cc(Cl)c2[nH]1. The molecule has 3 rings (SSSR count). The molecule has 4 nitrogen and oxygen atoms in total. The van der Waals surface area contributed by atoms with Gasteiger partial charge in [0.25, 0.3) is 0 Å². The Bertz CT molecular complexity index is 748. The van der Waals surface area contributed by atoms with Crippen molar-refractivity contribution in [2.24, 2.45) is 0 Å². The number of rotatable bonds is 2. The maximum atomic E-state index is 6.26. The number of hydrogen-bond donors (Lipinski definition) is 3. The summed E-state index contributed by atoms with van der Waals surface area (Å²) in [6.45, 7) is 2.00. The summed E-state index contributed by atoms with van der Waals surface area (Å²) in [4.78, 5) is 7.28. The molecule has 0 radical (unpaired) electrons. The van der Waals surface area contributed by atoms with Crippen LogP contribution in [0.25, 0.3) is 10.9 Å². The van der Waals surface area contributed by atoms with Crippen LogP contribution in [0.4, 0.5) is 17.1 Å². The Morgan fingerprint density at radius 1 is 1.32 bits per heavy atom. The summed E-state index contributed by atoms with van der Waals surface area (Å²) >= 11 is 6.26. The molecule has 96 valence electrons. The number of benzene rings is 1. The summed E-state index contributed by atoms with van der Waals surface area (Å²) in [6.07, 6.45) is 3.35. The first-order chi connectivity index (χ1) is 9.13. The largest absolute Gasteiger partial charge is 0.397 e. The van der Waals surface area contributed by atoms with Gasteiger partial charge in [-0.1, -0.05) is 11.6 Å². The van der Waals surface area contributed by atoms with E-state index < -0.39 is 0 Å². The second-order valence-corrected chi connectivity index (χ2v) is 4.87. The molecule has 0 spiro atoms. The number of hydrogen-bond acceptors (Lipinski definition) is 3. The Morgan fingerprint density at radius 2 is 2.16 bits per heavy atom. The molecule has 0 unspecified atom stereocenters. The monoisotopic (exact) mass is 272 g/mol. The Morgan fingerprint density at radius 3 is 2.95 bits per heavy atom. The van der Waals surface area contributed by atoms with Gasteiger partial charge < -0.3 is 16.0 Å². The van der Waals surface area contributed by atoms with E-state index in [4.69, 9.17) is 17.3 Å². The highest BCUT2D eigenvalue weighted by Crippen LogP contribution is 2.30. The van der Waals surface area contributed by atoms with Gasteiger partial charge in [-0.2, -0.15) is 0 Å². The fourth-order valence-electron chi connectivity index (χ4n) is 2.08. The third kappa shape index (κ3) is 2.22. The van der Waals surface area contributed by atoms with Gasteiger partial charge in [0.05, 0.1) is 28.1 Å². The number of aromatic amines is 1. The highest BCUT2D eigenvalue weighted by atomic mass is 35.5. The van der Waals surface area contributed by atoms with Gasteiger partial charge in [0.15, 0.2) is 0 Å². The number of pyridine rings is 1. The predicted molar refractivity (Wildman–Crippen MR) is 80.0 cm³/mol. The average Bonchev–Trinajstić information content (AvgIpc) is 2.73. The molecule has 0 amide bonds. The van der Waals surface area contributed by atoms with Gasteiger partial charge in [-0.3, -0.25) is 4.98 Å². The molecule has 4 N–H and O–H groups in total. The highest BCUT2D eigenvalue weighted by molar-refractivity contribution is 6.35. The molecule has 0 aliphatic heterocycles. The van der Waals surface area contributed by atoms with Crippen LogP contribution in [0.2, 0.25) is 5.02 Å². The van der Waals surface area contributed by atoms with Crippen molar-refractivity contribution in [3.63, 3.8) is 0 Å². The van der Waals surface area contributed by atoms with Crippen molar-refractivity contribution in [1.29, 1.82) is 0 Å². The van der Waals surface area contributed by atoms with E-state index in [9.17, 15) is 0 Å². The Kier molecular flexibility index (Phi) is 2.80. The van der Waals surface area contributed by atoms with Crippen LogP contribution in [0, 0.1) is 6.92 Å². The second kappa shape index (κ2) is 4.48. The van der Waals surface area contributed by atoms with Crippen LogP contribution in [0.5, 0.6) is 0 Å². The number of aryl methyl sites for hydroxylation is 1. The van der Waals surface area contributed by atoms with E-state index >= 15 is 0 Å². The molecule has 0 saturated heterocycles. The molecule has 2 heterocycles. The van der Waals surface area contributed by atoms with E-state index in [1.54, 1.807) is 18.5 Å². The second-order valence-electron chi connectivity index (χ2n) is 4.46. The summed E-state index contributed by atoms with van der Waals surface area (Å²) in [5, 5.41) is 4.97.